The second-order valence-electron chi connectivity index (χ2n) is 4.31. The van der Waals surface area contributed by atoms with Crippen LogP contribution in [0.25, 0.3) is 0 Å². The first kappa shape index (κ1) is 15.5. The van der Waals surface area contributed by atoms with E-state index in [0.717, 1.165) is 9.35 Å². The second-order valence-corrected chi connectivity index (χ2v) is 6.22. The third-order valence-corrected chi connectivity index (χ3v) is 4.36. The number of thiophene rings is 1. The van der Waals surface area contributed by atoms with Crippen LogP contribution in [0.4, 0.5) is 5.69 Å². The molecular formula is C14H14BrN3O2S. The Balaban J connectivity index is 1.75. The summed E-state index contributed by atoms with van der Waals surface area (Å²) in [6, 6.07) is 8.46. The molecule has 0 radical (unpaired) electrons. The Morgan fingerprint density at radius 2 is 1.90 bits per heavy atom. The van der Waals surface area contributed by atoms with E-state index in [9.17, 15) is 9.59 Å². The van der Waals surface area contributed by atoms with Crippen molar-refractivity contribution < 1.29 is 9.59 Å². The molecule has 110 valence electrons. The van der Waals surface area contributed by atoms with Gasteiger partial charge in [-0.25, -0.2) is 0 Å². The van der Waals surface area contributed by atoms with Crippen LogP contribution in [0.3, 0.4) is 0 Å². The summed E-state index contributed by atoms with van der Waals surface area (Å²) in [7, 11) is 0. The van der Waals surface area contributed by atoms with Gasteiger partial charge in [-0.2, -0.15) is 0 Å². The fraction of sp³-hybridized carbons (Fsp3) is 0.143. The van der Waals surface area contributed by atoms with E-state index in [1.807, 2.05) is 11.4 Å². The average molecular weight is 368 g/mol. The lowest BCUT2D eigenvalue weighted by atomic mass is 10.2. The van der Waals surface area contributed by atoms with Crippen LogP contribution in [0.2, 0.25) is 0 Å². The summed E-state index contributed by atoms with van der Waals surface area (Å²) in [5.41, 5.74) is 6.61. The van der Waals surface area contributed by atoms with Crippen LogP contribution in [-0.4, -0.2) is 18.4 Å². The summed E-state index contributed by atoms with van der Waals surface area (Å²) in [5, 5.41) is 7.25. The number of hydrogen-bond acceptors (Lipinski definition) is 4. The normalized spacial score (nSPS) is 10.1. The lowest BCUT2D eigenvalue weighted by Gasteiger charge is -2.06. The monoisotopic (exact) mass is 367 g/mol. The maximum atomic E-state index is 11.8. The van der Waals surface area contributed by atoms with Gasteiger partial charge in [0.2, 0.25) is 5.91 Å². The third kappa shape index (κ3) is 4.87. The molecule has 0 saturated heterocycles. The summed E-state index contributed by atoms with van der Waals surface area (Å²) in [4.78, 5) is 24.5. The predicted octanol–water partition coefficient (Wildman–Crippen LogP) is 2.14. The van der Waals surface area contributed by atoms with Crippen molar-refractivity contribution in [2.24, 2.45) is 0 Å². The highest BCUT2D eigenvalue weighted by Crippen LogP contribution is 2.19. The first-order chi connectivity index (χ1) is 10.0. The number of benzene rings is 1. The van der Waals surface area contributed by atoms with E-state index < -0.39 is 0 Å². The van der Waals surface area contributed by atoms with Crippen LogP contribution in [-0.2, 0) is 11.3 Å². The standard InChI is InChI=1S/C14H14BrN3O2S/c15-10-5-12(21-8-10)6-17-13(19)7-18-14(20)9-1-3-11(16)4-2-9/h1-5,8H,6-7,16H2,(H,17,19)(H,18,20). The van der Waals surface area contributed by atoms with Crippen molar-refractivity contribution in [3.05, 3.63) is 50.6 Å². The van der Waals surface area contributed by atoms with Crippen LogP contribution in [0.5, 0.6) is 0 Å². The minimum Gasteiger partial charge on any atom is -0.399 e. The van der Waals surface area contributed by atoms with Crippen molar-refractivity contribution >= 4 is 44.8 Å². The Hall–Kier alpha value is -1.86. The van der Waals surface area contributed by atoms with Gasteiger partial charge in [0.05, 0.1) is 13.1 Å². The lowest BCUT2D eigenvalue weighted by Crippen LogP contribution is -2.36. The maximum Gasteiger partial charge on any atom is 0.251 e. The van der Waals surface area contributed by atoms with Gasteiger partial charge >= 0.3 is 0 Å². The zero-order valence-electron chi connectivity index (χ0n) is 11.1. The molecule has 1 aromatic carbocycles. The number of halogens is 1. The summed E-state index contributed by atoms with van der Waals surface area (Å²) < 4.78 is 0.994. The van der Waals surface area contributed by atoms with Crippen LogP contribution in [0, 0.1) is 0 Å². The maximum absolute atomic E-state index is 11.8. The minimum absolute atomic E-state index is 0.0598. The molecular weight excluding hydrogens is 354 g/mol. The van der Waals surface area contributed by atoms with Crippen molar-refractivity contribution in [2.45, 2.75) is 6.54 Å². The van der Waals surface area contributed by atoms with Crippen molar-refractivity contribution in [2.75, 3.05) is 12.3 Å². The number of nitrogen functional groups attached to an aromatic ring is 1. The molecule has 1 heterocycles. The number of nitrogens with one attached hydrogen (secondary N) is 2. The molecule has 2 amide bonds. The van der Waals surface area contributed by atoms with Crippen LogP contribution in [0.1, 0.15) is 15.2 Å². The van der Waals surface area contributed by atoms with Gasteiger partial charge in [0.25, 0.3) is 5.91 Å². The Bertz CT molecular complexity index is 640. The number of amides is 2. The van der Waals surface area contributed by atoms with E-state index in [1.165, 1.54) is 0 Å². The molecule has 1 aromatic heterocycles. The topological polar surface area (TPSA) is 84.2 Å². The SMILES string of the molecule is Nc1ccc(C(=O)NCC(=O)NCc2cc(Br)cs2)cc1. The lowest BCUT2D eigenvalue weighted by molar-refractivity contribution is -0.120. The first-order valence-corrected chi connectivity index (χ1v) is 7.85. The zero-order valence-corrected chi connectivity index (χ0v) is 13.5. The molecule has 0 fully saturated rings. The van der Waals surface area contributed by atoms with E-state index >= 15 is 0 Å². The van der Waals surface area contributed by atoms with Crippen LogP contribution in [0.15, 0.2) is 40.2 Å². The molecule has 0 atom stereocenters. The Morgan fingerprint density at radius 1 is 1.19 bits per heavy atom. The molecule has 2 aromatic rings. The molecule has 0 spiro atoms. The molecule has 0 aliphatic carbocycles. The number of carbonyl (C=O) groups excluding carboxylic acids is 2. The van der Waals surface area contributed by atoms with Gasteiger partial charge in [-0.15, -0.1) is 11.3 Å². The smallest absolute Gasteiger partial charge is 0.251 e. The van der Waals surface area contributed by atoms with Gasteiger partial charge in [0.1, 0.15) is 0 Å². The van der Waals surface area contributed by atoms with E-state index in [-0.39, 0.29) is 18.4 Å². The number of anilines is 1. The van der Waals surface area contributed by atoms with Gasteiger partial charge < -0.3 is 16.4 Å². The van der Waals surface area contributed by atoms with Gasteiger partial charge in [-0.1, -0.05) is 0 Å². The Morgan fingerprint density at radius 3 is 2.52 bits per heavy atom. The van der Waals surface area contributed by atoms with E-state index in [0.29, 0.717) is 17.8 Å². The van der Waals surface area contributed by atoms with E-state index in [2.05, 4.69) is 26.6 Å². The quantitative estimate of drug-likeness (QED) is 0.707. The molecule has 7 heteroatoms. The molecule has 21 heavy (non-hydrogen) atoms. The van der Waals surface area contributed by atoms with Gasteiger partial charge in [-0.05, 0) is 46.3 Å². The molecule has 4 N–H and O–H groups in total. The largest absolute Gasteiger partial charge is 0.399 e. The molecule has 0 saturated carbocycles. The first-order valence-electron chi connectivity index (χ1n) is 6.18. The number of carbonyl (C=O) groups is 2. The zero-order chi connectivity index (χ0) is 15.2. The molecule has 0 unspecified atom stereocenters. The fourth-order valence-electron chi connectivity index (χ4n) is 1.59. The highest BCUT2D eigenvalue weighted by molar-refractivity contribution is 9.10. The summed E-state index contributed by atoms with van der Waals surface area (Å²) >= 11 is 4.91. The van der Waals surface area contributed by atoms with Crippen molar-refractivity contribution in [1.82, 2.24) is 10.6 Å². The third-order valence-electron chi connectivity index (χ3n) is 2.66. The minimum atomic E-state index is -0.302. The van der Waals surface area contributed by atoms with Crippen molar-refractivity contribution in [3.63, 3.8) is 0 Å². The number of rotatable bonds is 5. The van der Waals surface area contributed by atoms with Crippen LogP contribution >= 0.6 is 27.3 Å². The van der Waals surface area contributed by atoms with E-state index in [4.69, 9.17) is 5.73 Å². The molecule has 5 nitrogen and oxygen atoms in total. The average Bonchev–Trinajstić information content (AvgIpc) is 2.89. The van der Waals surface area contributed by atoms with Gasteiger partial charge in [0.15, 0.2) is 0 Å². The molecule has 0 bridgehead atoms. The molecule has 0 aliphatic heterocycles. The Kier molecular flexibility index (Phi) is 5.35. The van der Waals surface area contributed by atoms with Gasteiger partial charge in [0, 0.05) is 26.0 Å². The summed E-state index contributed by atoms with van der Waals surface area (Å²) in [6.45, 7) is 0.391. The number of hydrogen-bond donors (Lipinski definition) is 3. The summed E-state index contributed by atoms with van der Waals surface area (Å²) in [6.07, 6.45) is 0. The molecule has 2 rings (SSSR count). The summed E-state index contributed by atoms with van der Waals surface area (Å²) in [5.74, 6) is -0.535. The van der Waals surface area contributed by atoms with Crippen molar-refractivity contribution in [1.29, 1.82) is 0 Å². The number of nitrogens with two attached hydrogens (primary N) is 1. The van der Waals surface area contributed by atoms with E-state index in [1.54, 1.807) is 35.6 Å². The molecule has 0 aliphatic rings. The van der Waals surface area contributed by atoms with Gasteiger partial charge in [-0.3, -0.25) is 9.59 Å². The van der Waals surface area contributed by atoms with Crippen LogP contribution < -0.4 is 16.4 Å². The fourth-order valence-corrected chi connectivity index (χ4v) is 2.98. The Labute approximate surface area is 134 Å². The van der Waals surface area contributed by atoms with Crippen molar-refractivity contribution in [3.8, 4) is 0 Å². The highest BCUT2D eigenvalue weighted by Gasteiger charge is 2.08. The predicted molar refractivity (Wildman–Crippen MR) is 87.1 cm³/mol. The highest BCUT2D eigenvalue weighted by atomic mass is 79.9. The second kappa shape index (κ2) is 7.24.